The van der Waals surface area contributed by atoms with Crippen LogP contribution in [0.25, 0.3) is 39.0 Å². The Kier molecular flexibility index (Phi) is 6.33. The molecule has 1 aliphatic rings. The molecule has 6 heteroatoms. The maximum atomic E-state index is 4.86. The summed E-state index contributed by atoms with van der Waals surface area (Å²) in [4.78, 5) is 12.7. The fourth-order valence-corrected chi connectivity index (χ4v) is 6.06. The number of imidazole rings is 1. The van der Waals surface area contributed by atoms with Crippen molar-refractivity contribution in [1.29, 1.82) is 0 Å². The van der Waals surface area contributed by atoms with Crippen molar-refractivity contribution in [2.45, 2.75) is 33.6 Å². The summed E-state index contributed by atoms with van der Waals surface area (Å²) in [5.41, 5.74) is 6.32. The van der Waals surface area contributed by atoms with E-state index in [9.17, 15) is 0 Å². The number of nitrogens with one attached hydrogen (secondary N) is 2. The molecule has 0 saturated carbocycles. The van der Waals surface area contributed by atoms with E-state index in [0.29, 0.717) is 11.8 Å². The van der Waals surface area contributed by atoms with Crippen molar-refractivity contribution >= 4 is 22.3 Å². The van der Waals surface area contributed by atoms with Crippen molar-refractivity contribution in [3.05, 3.63) is 72.8 Å². The van der Waals surface area contributed by atoms with Crippen molar-refractivity contribution in [2.75, 3.05) is 0 Å². The zero-order valence-electron chi connectivity index (χ0n) is 19.3. The third kappa shape index (κ3) is 4.61. The van der Waals surface area contributed by atoms with Gasteiger partial charge >= 0.3 is 202 Å². The molecule has 0 radical (unpaired) electrons. The van der Waals surface area contributed by atoms with Crippen LogP contribution in [0.15, 0.2) is 61.4 Å². The van der Waals surface area contributed by atoms with Crippen LogP contribution in [0, 0.1) is 50.5 Å². The van der Waals surface area contributed by atoms with Gasteiger partial charge in [-0.25, -0.2) is 0 Å². The average molecular weight is 553 g/mol. The number of nitrogens with zero attached hydrogens (tertiary/aromatic N) is 3. The molecule has 3 heterocycles. The summed E-state index contributed by atoms with van der Waals surface area (Å²) >= 11 is -0.279. The molecule has 1 aliphatic heterocycles. The van der Waals surface area contributed by atoms with Gasteiger partial charge in [0.15, 0.2) is 0 Å². The molecule has 4 aromatic rings. The summed E-state index contributed by atoms with van der Waals surface area (Å²) in [6, 6.07) is 15.1. The number of rotatable bonds is 4. The number of fused-ring (bicyclic) bond motifs is 2. The molecule has 2 aromatic carbocycles. The predicted molar refractivity (Wildman–Crippen MR) is 133 cm³/mol. The van der Waals surface area contributed by atoms with Crippen molar-refractivity contribution in [3.8, 4) is 22.5 Å². The third-order valence-corrected chi connectivity index (χ3v) is 7.82. The number of amidine groups is 1. The second kappa shape index (κ2) is 9.24. The van der Waals surface area contributed by atoms with Crippen LogP contribution in [0.4, 0.5) is 0 Å². The fourth-order valence-electron chi connectivity index (χ4n) is 3.78. The van der Waals surface area contributed by atoms with E-state index < -0.39 is 0 Å². The van der Waals surface area contributed by atoms with E-state index in [0.717, 1.165) is 50.8 Å². The summed E-state index contributed by atoms with van der Waals surface area (Å²) in [6.45, 7) is 12.8. The zero-order valence-corrected chi connectivity index (χ0v) is 21.3. The molecule has 2 aromatic heterocycles. The molecule has 0 unspecified atom stereocenters. The summed E-state index contributed by atoms with van der Waals surface area (Å²) < 4.78 is 6.11. The predicted octanol–water partition coefficient (Wildman–Crippen LogP) is 5.67. The number of aromatic amines is 1. The van der Waals surface area contributed by atoms with Crippen LogP contribution in [-0.4, -0.2) is 20.8 Å². The summed E-state index contributed by atoms with van der Waals surface area (Å²) in [5, 5.41) is 5.68. The Bertz CT molecular complexity index is 1400. The van der Waals surface area contributed by atoms with E-state index in [2.05, 4.69) is 92.0 Å². The summed E-state index contributed by atoms with van der Waals surface area (Å²) in [5.74, 6) is 2.76. The Hall–Kier alpha value is -2.16. The first kappa shape index (κ1) is 22.6. The van der Waals surface area contributed by atoms with Crippen molar-refractivity contribution < 1.29 is 44.6 Å². The van der Waals surface area contributed by atoms with E-state index in [1.54, 1.807) is 0 Å². The van der Waals surface area contributed by atoms with E-state index >= 15 is 0 Å². The van der Waals surface area contributed by atoms with E-state index in [1.807, 2.05) is 12.4 Å². The van der Waals surface area contributed by atoms with Gasteiger partial charge in [-0.1, -0.05) is 13.8 Å². The molecule has 168 valence electrons. The molecule has 0 spiro atoms. The quantitative estimate of drug-likeness (QED) is 0.343. The van der Waals surface area contributed by atoms with Crippen LogP contribution in [0.5, 0.6) is 0 Å². The zero-order chi connectivity index (χ0) is 23.1. The van der Waals surface area contributed by atoms with Crippen LogP contribution >= 0.6 is 0 Å². The van der Waals surface area contributed by atoms with Gasteiger partial charge in [-0.05, 0) is 0 Å². The monoisotopic (exact) mass is 553 g/mol. The number of hydrogen-bond donors (Lipinski definition) is 2. The molecule has 0 amide bonds. The van der Waals surface area contributed by atoms with Gasteiger partial charge in [0.1, 0.15) is 0 Å². The number of hydrogen-bond acceptors (Lipinski definition) is 4. The first-order valence-corrected chi connectivity index (χ1v) is 13.1. The third-order valence-electron chi connectivity index (χ3n) is 5.79. The fraction of sp³-hybridized carbons (Fsp3) is 0.222. The topological polar surface area (TPSA) is 66.0 Å². The average Bonchev–Trinajstić information content (AvgIpc) is 3.25. The molecule has 33 heavy (non-hydrogen) atoms. The number of aromatic nitrogens is 3. The van der Waals surface area contributed by atoms with E-state index in [4.69, 9.17) is 4.99 Å². The van der Waals surface area contributed by atoms with Crippen LogP contribution in [0.1, 0.15) is 45.0 Å². The second-order valence-electron chi connectivity index (χ2n) is 8.95. The maximum absolute atomic E-state index is 4.86. The normalized spacial score (nSPS) is 14.0. The van der Waals surface area contributed by atoms with Crippen molar-refractivity contribution in [1.82, 2.24) is 20.3 Å². The molecule has 5 rings (SSSR count). The summed E-state index contributed by atoms with van der Waals surface area (Å²) in [7, 11) is 0. The van der Waals surface area contributed by atoms with E-state index in [1.165, 1.54) is 5.42 Å². The molecule has 2 N–H and O–H groups in total. The van der Waals surface area contributed by atoms with Gasteiger partial charge < -0.3 is 0 Å². The van der Waals surface area contributed by atoms with Gasteiger partial charge in [0.2, 0.25) is 0 Å². The Labute approximate surface area is 220 Å². The van der Waals surface area contributed by atoms with Gasteiger partial charge in [0.25, 0.3) is 0 Å². The van der Waals surface area contributed by atoms with Gasteiger partial charge in [-0.3, -0.25) is 0 Å². The standard InChI is InChI=1S/C27H27N5Xe/c1-15(2)26-29-14-24(31-26)19-7-6-18-11-23(28-13-21(18)10-19)20-8-9-22-17(5)30-27(16(3)4)32-33-25(22)12-20/h6-16H,5H2,1-4H3,(H,29,31)(H,30,32). The molecule has 0 saturated heterocycles. The number of benzene rings is 2. The van der Waals surface area contributed by atoms with Crippen LogP contribution in [-0.2, 0) is 0 Å². The molecule has 0 bridgehead atoms. The SMILES string of the molecule is C=C1NC(C(C)C)=N[Xe]c2cc(-c3cc4ccc(-c5cnc(C(C)C)[nH]5)cc4cn3)ccc21. The minimum absolute atomic E-state index is 0.279. The first-order valence-electron chi connectivity index (χ1n) is 11.1. The number of pyridine rings is 1. The second-order valence-corrected chi connectivity index (χ2v) is 10.9. The van der Waals surface area contributed by atoms with Crippen LogP contribution in [0.3, 0.4) is 0 Å². The molecule has 0 fully saturated rings. The van der Waals surface area contributed by atoms with Crippen molar-refractivity contribution in [3.63, 3.8) is 0 Å². The molecule has 0 aliphatic carbocycles. The minimum atomic E-state index is -0.279. The molecular formula is C27H27N5Xe. The number of H-pyrrole nitrogens is 1. The van der Waals surface area contributed by atoms with Gasteiger partial charge in [0.05, 0.1) is 0 Å². The van der Waals surface area contributed by atoms with Crippen molar-refractivity contribution in [2.24, 2.45) is 5.92 Å². The van der Waals surface area contributed by atoms with E-state index in [-0.39, 0.29) is 44.6 Å². The Morgan fingerprint density at radius 3 is 2.42 bits per heavy atom. The molecule has 0 atom stereocenters. The Morgan fingerprint density at radius 2 is 1.67 bits per heavy atom. The van der Waals surface area contributed by atoms with Crippen LogP contribution < -0.4 is 5.35 Å². The summed E-state index contributed by atoms with van der Waals surface area (Å²) in [6.07, 6.45) is 3.87. The van der Waals surface area contributed by atoms with Gasteiger partial charge in [-0.2, -0.15) is 0 Å². The van der Waals surface area contributed by atoms with Gasteiger partial charge in [0, 0.05) is 5.92 Å². The van der Waals surface area contributed by atoms with Gasteiger partial charge in [-0.15, -0.1) is 0 Å². The Morgan fingerprint density at radius 1 is 0.848 bits per heavy atom. The van der Waals surface area contributed by atoms with Crippen LogP contribution in [0.2, 0.25) is 0 Å². The Balaban J connectivity index is 1.47. The molecule has 5 nitrogen and oxygen atoms in total. The first-order chi connectivity index (χ1) is 15.9. The molecular weight excluding hydrogens is 526 g/mol.